The fraction of sp³-hybridized carbons (Fsp3) is 0.478. The lowest BCUT2D eigenvalue weighted by atomic mass is 9.86. The number of aryl methyl sites for hydroxylation is 1. The zero-order valence-electron chi connectivity index (χ0n) is 20.3. The Labute approximate surface area is 206 Å². The summed E-state index contributed by atoms with van der Waals surface area (Å²) in [6.07, 6.45) is 6.60. The van der Waals surface area contributed by atoms with Gasteiger partial charge in [0, 0.05) is 56.3 Å². The fourth-order valence-electron chi connectivity index (χ4n) is 3.84. The molecule has 1 fully saturated rings. The molecule has 1 saturated heterocycles. The summed E-state index contributed by atoms with van der Waals surface area (Å²) < 4.78 is 36.6. The van der Waals surface area contributed by atoms with Crippen LogP contribution >= 0.6 is 0 Å². The highest BCUT2D eigenvalue weighted by atomic mass is 32.2. The van der Waals surface area contributed by atoms with Gasteiger partial charge < -0.3 is 10.5 Å². The Morgan fingerprint density at radius 3 is 2.66 bits per heavy atom. The summed E-state index contributed by atoms with van der Waals surface area (Å²) in [6, 6.07) is 6.98. The monoisotopic (exact) mass is 500 g/mol. The molecule has 0 radical (unpaired) electrons. The quantitative estimate of drug-likeness (QED) is 0.449. The van der Waals surface area contributed by atoms with E-state index in [1.165, 1.54) is 14.8 Å². The molecule has 0 aliphatic carbocycles. The van der Waals surface area contributed by atoms with Gasteiger partial charge in [-0.3, -0.25) is 8.99 Å². The number of ether oxygens (including phenoxy) is 1. The molecule has 4 heterocycles. The van der Waals surface area contributed by atoms with E-state index >= 15 is 0 Å². The Morgan fingerprint density at radius 2 is 1.97 bits per heavy atom. The molecule has 3 aromatic heterocycles. The van der Waals surface area contributed by atoms with Gasteiger partial charge in [-0.05, 0) is 37.3 Å². The third-order valence-corrected chi connectivity index (χ3v) is 8.14. The largest absolute Gasteiger partial charge is 0.478 e. The van der Waals surface area contributed by atoms with E-state index < -0.39 is 10.2 Å². The van der Waals surface area contributed by atoms with Crippen molar-refractivity contribution in [3.63, 3.8) is 0 Å². The average Bonchev–Trinajstić information content (AvgIpc) is 3.42. The minimum atomic E-state index is -3.58. The van der Waals surface area contributed by atoms with Crippen molar-refractivity contribution >= 4 is 21.7 Å². The lowest BCUT2D eigenvalue weighted by Gasteiger charge is -2.27. The van der Waals surface area contributed by atoms with Crippen LogP contribution in [0.1, 0.15) is 33.6 Å². The summed E-state index contributed by atoms with van der Waals surface area (Å²) in [7, 11) is -3.58. The highest BCUT2D eigenvalue weighted by Crippen LogP contribution is 2.30. The van der Waals surface area contributed by atoms with Crippen LogP contribution < -0.4 is 14.8 Å². The molecule has 1 aliphatic heterocycles. The first-order valence-corrected chi connectivity index (χ1v) is 13.1. The van der Waals surface area contributed by atoms with E-state index in [1.54, 1.807) is 23.0 Å². The van der Waals surface area contributed by atoms with Gasteiger partial charge in [0.05, 0.1) is 18.5 Å². The summed E-state index contributed by atoms with van der Waals surface area (Å²) >= 11 is 0. The smallest absolute Gasteiger partial charge is 0.304 e. The van der Waals surface area contributed by atoms with Crippen LogP contribution in [-0.2, 0) is 16.8 Å². The van der Waals surface area contributed by atoms with Crippen molar-refractivity contribution in [3.8, 4) is 17.1 Å². The van der Waals surface area contributed by atoms with Crippen molar-refractivity contribution in [2.75, 3.05) is 36.3 Å². The van der Waals surface area contributed by atoms with Crippen LogP contribution in [0.2, 0.25) is 0 Å². The number of rotatable bonds is 10. The minimum absolute atomic E-state index is 0.109. The number of hydrogen-bond acceptors (Lipinski definition) is 8. The average molecular weight is 501 g/mol. The molecule has 0 spiro atoms. The van der Waals surface area contributed by atoms with E-state index in [1.807, 2.05) is 25.3 Å². The molecule has 0 saturated carbocycles. The highest BCUT2D eigenvalue weighted by molar-refractivity contribution is 7.90. The molecular formula is C23H32N8O3S. The number of nitrogens with zero attached hydrogens (tertiary/aromatic N) is 7. The standard InChI is InChI=1S/C23H32N8O3S/c1-4-29-17-20(27-28-29)18-5-6-22(26-16-18)34-14-9-23(2,3)8-11-30-12-13-31(35(30,32)33)19-7-10-25-21(24)15-19/h5-7,10,15-17H,4,8-9,11-14H2,1-3H3,(H2,24,25). The number of aromatic nitrogens is 5. The van der Waals surface area contributed by atoms with Crippen molar-refractivity contribution in [2.24, 2.45) is 5.41 Å². The van der Waals surface area contributed by atoms with E-state index in [2.05, 4.69) is 34.1 Å². The first-order valence-electron chi connectivity index (χ1n) is 11.7. The summed E-state index contributed by atoms with van der Waals surface area (Å²) in [5.41, 5.74) is 7.81. The number of hydrogen-bond donors (Lipinski definition) is 1. The second kappa shape index (κ2) is 10.2. The van der Waals surface area contributed by atoms with E-state index in [4.69, 9.17) is 10.5 Å². The van der Waals surface area contributed by atoms with Gasteiger partial charge in [0.25, 0.3) is 0 Å². The first-order chi connectivity index (χ1) is 16.7. The van der Waals surface area contributed by atoms with E-state index in [-0.39, 0.29) is 5.41 Å². The molecule has 2 N–H and O–H groups in total. The van der Waals surface area contributed by atoms with Crippen molar-refractivity contribution in [1.82, 2.24) is 29.3 Å². The predicted octanol–water partition coefficient (Wildman–Crippen LogP) is 2.59. The third-order valence-electron chi connectivity index (χ3n) is 6.17. The Balaban J connectivity index is 1.26. The maximum atomic E-state index is 13.0. The molecule has 4 rings (SSSR count). The van der Waals surface area contributed by atoms with Crippen LogP contribution in [0.3, 0.4) is 0 Å². The number of anilines is 2. The predicted molar refractivity (Wildman–Crippen MR) is 134 cm³/mol. The number of nitrogen functional groups attached to an aromatic ring is 1. The molecule has 3 aromatic rings. The Bertz CT molecular complexity index is 1240. The van der Waals surface area contributed by atoms with Crippen molar-refractivity contribution in [2.45, 2.75) is 40.2 Å². The molecule has 1 aliphatic rings. The van der Waals surface area contributed by atoms with Crippen LogP contribution in [-0.4, -0.2) is 63.9 Å². The van der Waals surface area contributed by atoms with Crippen LogP contribution in [0.25, 0.3) is 11.3 Å². The van der Waals surface area contributed by atoms with E-state index in [0.29, 0.717) is 50.0 Å². The molecule has 0 aromatic carbocycles. The second-order valence-corrected chi connectivity index (χ2v) is 11.1. The number of nitrogens with two attached hydrogens (primary N) is 1. The molecular weight excluding hydrogens is 468 g/mol. The lowest BCUT2D eigenvalue weighted by Crippen LogP contribution is -2.35. The van der Waals surface area contributed by atoms with Gasteiger partial charge in [-0.25, -0.2) is 9.97 Å². The second-order valence-electron chi connectivity index (χ2n) is 9.28. The zero-order valence-corrected chi connectivity index (χ0v) is 21.1. The van der Waals surface area contributed by atoms with Crippen molar-refractivity contribution < 1.29 is 13.2 Å². The molecule has 11 nitrogen and oxygen atoms in total. The summed E-state index contributed by atoms with van der Waals surface area (Å²) in [5, 5.41) is 8.19. The van der Waals surface area contributed by atoms with E-state index in [9.17, 15) is 8.42 Å². The van der Waals surface area contributed by atoms with Crippen molar-refractivity contribution in [3.05, 3.63) is 42.9 Å². The molecule has 12 heteroatoms. The molecule has 188 valence electrons. The first kappa shape index (κ1) is 24.9. The normalized spacial score (nSPS) is 16.0. The van der Waals surface area contributed by atoms with Crippen LogP contribution in [0, 0.1) is 5.41 Å². The van der Waals surface area contributed by atoms with Gasteiger partial charge in [-0.1, -0.05) is 19.1 Å². The Hall–Kier alpha value is -3.25. The summed E-state index contributed by atoms with van der Waals surface area (Å²) in [5.74, 6) is 0.840. The van der Waals surface area contributed by atoms with Crippen LogP contribution in [0.15, 0.2) is 42.9 Å². The molecule has 0 unspecified atom stereocenters. The van der Waals surface area contributed by atoms with Gasteiger partial charge in [0.1, 0.15) is 11.5 Å². The molecule has 0 atom stereocenters. The van der Waals surface area contributed by atoms with Crippen molar-refractivity contribution in [1.29, 1.82) is 0 Å². The maximum Gasteiger partial charge on any atom is 0.304 e. The highest BCUT2D eigenvalue weighted by Gasteiger charge is 2.37. The van der Waals surface area contributed by atoms with Gasteiger partial charge in [0.2, 0.25) is 5.88 Å². The maximum absolute atomic E-state index is 13.0. The van der Waals surface area contributed by atoms with Gasteiger partial charge >= 0.3 is 10.2 Å². The number of pyridine rings is 2. The zero-order chi connectivity index (χ0) is 25.1. The van der Waals surface area contributed by atoms with Crippen LogP contribution in [0.5, 0.6) is 5.88 Å². The Morgan fingerprint density at radius 1 is 1.14 bits per heavy atom. The lowest BCUT2D eigenvalue weighted by molar-refractivity contribution is 0.203. The fourth-order valence-corrected chi connectivity index (χ4v) is 5.45. The molecule has 35 heavy (non-hydrogen) atoms. The van der Waals surface area contributed by atoms with E-state index in [0.717, 1.165) is 24.2 Å². The SMILES string of the molecule is CCn1cc(-c2ccc(OCCC(C)(C)CCN3CCN(c4ccnc(N)c4)S3(=O)=O)nc2)nn1. The summed E-state index contributed by atoms with van der Waals surface area (Å²) in [6.45, 7) is 8.78. The molecule has 0 bridgehead atoms. The van der Waals surface area contributed by atoms with Gasteiger partial charge in [-0.2, -0.15) is 12.7 Å². The molecule has 0 amide bonds. The minimum Gasteiger partial charge on any atom is -0.478 e. The summed E-state index contributed by atoms with van der Waals surface area (Å²) in [4.78, 5) is 8.31. The third kappa shape index (κ3) is 5.88. The van der Waals surface area contributed by atoms with Crippen LogP contribution in [0.4, 0.5) is 11.5 Å². The van der Waals surface area contributed by atoms with Gasteiger partial charge in [-0.15, -0.1) is 5.10 Å². The topological polar surface area (TPSA) is 132 Å². The Kier molecular flexibility index (Phi) is 7.22. The van der Waals surface area contributed by atoms with Gasteiger partial charge in [0.15, 0.2) is 0 Å².